The molecule has 0 nitrogen and oxygen atoms in total. The van der Waals surface area contributed by atoms with Gasteiger partial charge in [-0.3, -0.25) is 0 Å². The van der Waals surface area contributed by atoms with E-state index < -0.39 is 0 Å². The maximum absolute atomic E-state index is 4.06. The van der Waals surface area contributed by atoms with Gasteiger partial charge in [0.1, 0.15) is 0 Å². The zero-order valence-electron chi connectivity index (χ0n) is 33.5. The Balaban J connectivity index is 0.00000445. The van der Waals surface area contributed by atoms with Gasteiger partial charge in [-0.15, -0.1) is 45.7 Å². The van der Waals surface area contributed by atoms with Gasteiger partial charge in [-0.1, -0.05) is 211 Å². The molecule has 0 aromatic heterocycles. The molecule has 0 spiro atoms. The van der Waals surface area contributed by atoms with Gasteiger partial charge < -0.3 is 0 Å². The van der Waals surface area contributed by atoms with Gasteiger partial charge in [-0.05, 0) is 73.0 Å². The average molecular weight is 816 g/mol. The minimum atomic E-state index is 0. The summed E-state index contributed by atoms with van der Waals surface area (Å²) < 4.78 is 0. The van der Waals surface area contributed by atoms with E-state index in [1.54, 1.807) is 0 Å². The van der Waals surface area contributed by atoms with E-state index in [2.05, 4.69) is 237 Å². The number of fused-ring (bicyclic) bond motifs is 4. The standard InChI is InChI=1S/C60H40.Mn/c1-4-19-43(20-5-1)55(57-40-56(44-21-6-2-7-22-44)59(45-23-8-3-9-24-45)50-27-13-12-26-49(50)57)38-41-32-34-46(35-33-41)58-51-28-14-16-30-53(51)60(54-31-17-15-29-52(54)58)48-37-36-42-18-10-11-25-47(42)39-48;/h1-21,23-37,39,44H,22H2;/q-2;+2. The van der Waals surface area contributed by atoms with Crippen molar-refractivity contribution in [2.75, 3.05) is 0 Å². The fourth-order valence-electron chi connectivity index (χ4n) is 9.36. The van der Waals surface area contributed by atoms with Crippen LogP contribution in [0.3, 0.4) is 0 Å². The van der Waals surface area contributed by atoms with E-state index >= 15 is 0 Å². The molecule has 0 heterocycles. The summed E-state index contributed by atoms with van der Waals surface area (Å²) in [5.41, 5.74) is 12.9. The van der Waals surface area contributed by atoms with E-state index in [0.717, 1.165) is 28.7 Å². The minimum Gasteiger partial charge on any atom is -0.201 e. The van der Waals surface area contributed by atoms with Gasteiger partial charge in [0.05, 0.1) is 0 Å². The summed E-state index contributed by atoms with van der Waals surface area (Å²) in [6.07, 6.45) is 13.8. The van der Waals surface area contributed by atoms with Crippen molar-refractivity contribution in [1.29, 1.82) is 0 Å². The van der Waals surface area contributed by atoms with Gasteiger partial charge in [0.2, 0.25) is 0 Å². The van der Waals surface area contributed by atoms with Crippen LogP contribution in [0.5, 0.6) is 0 Å². The van der Waals surface area contributed by atoms with E-state index in [0.29, 0.717) is 0 Å². The number of allylic oxidation sites excluding steroid dienone is 4. The third-order valence-electron chi connectivity index (χ3n) is 12.1. The average Bonchev–Trinajstić information content (AvgIpc) is 3.33. The fraction of sp³-hybridized carbons (Fsp3) is 0.0333. The molecule has 10 aromatic rings. The second-order valence-corrected chi connectivity index (χ2v) is 15.7. The molecule has 0 N–H and O–H groups in total. The van der Waals surface area contributed by atoms with Gasteiger partial charge >= 0.3 is 17.1 Å². The molecule has 0 fully saturated rings. The Morgan fingerprint density at radius 1 is 0.443 bits per heavy atom. The Morgan fingerprint density at radius 2 is 0.951 bits per heavy atom. The maximum Gasteiger partial charge on any atom is 2.00 e. The molecule has 0 amide bonds. The SMILES string of the molecule is [C-](=C(c1ccccc1)c1[c-]c(C2C=CC=CC2)c(-c2ccccc2)c2ccccc12)c1ccc(-c2c3ccccc3c(-c3ccc4ccccc4c3)c3ccccc23)cc1.[Mn+2]. The predicted octanol–water partition coefficient (Wildman–Crippen LogP) is 16.0. The summed E-state index contributed by atoms with van der Waals surface area (Å²) in [5, 5.41) is 9.90. The molecule has 1 radical (unpaired) electrons. The summed E-state index contributed by atoms with van der Waals surface area (Å²) in [6.45, 7) is 0. The summed E-state index contributed by atoms with van der Waals surface area (Å²) >= 11 is 0. The Morgan fingerprint density at radius 3 is 1.57 bits per heavy atom. The zero-order valence-corrected chi connectivity index (χ0v) is 34.7. The Hall–Kier alpha value is -7.02. The van der Waals surface area contributed by atoms with Crippen LogP contribution in [0.2, 0.25) is 0 Å². The molecule has 0 saturated heterocycles. The van der Waals surface area contributed by atoms with Crippen molar-refractivity contribution in [3.63, 3.8) is 0 Å². The van der Waals surface area contributed by atoms with Crippen molar-refractivity contribution < 1.29 is 17.1 Å². The molecule has 287 valence electrons. The Bertz CT molecular complexity index is 3260. The van der Waals surface area contributed by atoms with Crippen LogP contribution in [0, 0.1) is 12.1 Å². The first-order valence-electron chi connectivity index (χ1n) is 20.9. The molecule has 1 atom stereocenters. The fourth-order valence-corrected chi connectivity index (χ4v) is 9.36. The van der Waals surface area contributed by atoms with Crippen LogP contribution in [0.4, 0.5) is 0 Å². The first kappa shape index (κ1) is 38.2. The van der Waals surface area contributed by atoms with Gasteiger partial charge in [0.15, 0.2) is 0 Å². The zero-order chi connectivity index (χ0) is 39.8. The normalized spacial score (nSPS) is 13.8. The first-order valence-corrected chi connectivity index (χ1v) is 20.9. The van der Waals surface area contributed by atoms with Crippen LogP contribution in [0.15, 0.2) is 224 Å². The van der Waals surface area contributed by atoms with Crippen LogP contribution in [-0.4, -0.2) is 0 Å². The molecule has 1 aliphatic carbocycles. The molecule has 61 heavy (non-hydrogen) atoms. The summed E-state index contributed by atoms with van der Waals surface area (Å²) in [7, 11) is 0. The van der Waals surface area contributed by atoms with Crippen LogP contribution in [0.25, 0.3) is 82.0 Å². The third kappa shape index (κ3) is 7.03. The Labute approximate surface area is 368 Å². The van der Waals surface area contributed by atoms with Crippen molar-refractivity contribution in [3.05, 3.63) is 259 Å². The molecule has 0 bridgehead atoms. The number of rotatable bonds is 7. The third-order valence-corrected chi connectivity index (χ3v) is 12.1. The van der Waals surface area contributed by atoms with E-state index in [1.807, 2.05) is 0 Å². The molecule has 10 aromatic carbocycles. The van der Waals surface area contributed by atoms with Crippen molar-refractivity contribution in [2.45, 2.75) is 12.3 Å². The second-order valence-electron chi connectivity index (χ2n) is 15.7. The summed E-state index contributed by atoms with van der Waals surface area (Å²) in [4.78, 5) is 0. The topological polar surface area (TPSA) is 0 Å². The van der Waals surface area contributed by atoms with Gasteiger partial charge in [-0.25, -0.2) is 5.56 Å². The van der Waals surface area contributed by atoms with Crippen molar-refractivity contribution >= 4 is 48.7 Å². The minimum absolute atomic E-state index is 0. The molecule has 0 aliphatic heterocycles. The maximum atomic E-state index is 4.06. The van der Waals surface area contributed by atoms with Crippen molar-refractivity contribution in [3.8, 4) is 33.4 Å². The van der Waals surface area contributed by atoms with Gasteiger partial charge in [0.25, 0.3) is 0 Å². The smallest absolute Gasteiger partial charge is 0.201 e. The molecule has 0 saturated carbocycles. The molecular formula is C60H40Mn. The number of hydrogen-bond donors (Lipinski definition) is 0. The van der Waals surface area contributed by atoms with Crippen molar-refractivity contribution in [1.82, 2.24) is 0 Å². The molecular weight excluding hydrogens is 776 g/mol. The second kappa shape index (κ2) is 16.6. The van der Waals surface area contributed by atoms with Crippen LogP contribution >= 0.6 is 0 Å². The summed E-state index contributed by atoms with van der Waals surface area (Å²) in [5.74, 6) is 0.210. The van der Waals surface area contributed by atoms with Crippen molar-refractivity contribution in [2.24, 2.45) is 0 Å². The molecule has 1 aliphatic rings. The molecule has 11 rings (SSSR count). The van der Waals surface area contributed by atoms with E-state index in [9.17, 15) is 0 Å². The first-order chi connectivity index (χ1) is 29.8. The molecule has 1 heteroatoms. The van der Waals surface area contributed by atoms with Gasteiger partial charge in [-0.2, -0.15) is 17.7 Å². The number of benzene rings is 10. The van der Waals surface area contributed by atoms with Crippen LogP contribution in [-0.2, 0) is 17.1 Å². The summed E-state index contributed by atoms with van der Waals surface area (Å²) in [6, 6.07) is 76.7. The van der Waals surface area contributed by atoms with Crippen LogP contribution < -0.4 is 0 Å². The van der Waals surface area contributed by atoms with Crippen LogP contribution in [0.1, 0.15) is 34.6 Å². The van der Waals surface area contributed by atoms with E-state index in [1.165, 1.54) is 82.0 Å². The molecule has 1 unspecified atom stereocenters. The van der Waals surface area contributed by atoms with Gasteiger partial charge in [0, 0.05) is 0 Å². The predicted molar refractivity (Wildman–Crippen MR) is 255 cm³/mol. The Kier molecular flexibility index (Phi) is 10.4. The largest absolute Gasteiger partial charge is 2.00 e. The quantitative estimate of drug-likeness (QED) is 0.0651. The van der Waals surface area contributed by atoms with E-state index in [-0.39, 0.29) is 23.0 Å². The monoisotopic (exact) mass is 815 g/mol. The number of hydrogen-bond acceptors (Lipinski definition) is 0. The van der Waals surface area contributed by atoms with E-state index in [4.69, 9.17) is 0 Å².